The van der Waals surface area contributed by atoms with Crippen LogP contribution >= 0.6 is 0 Å². The van der Waals surface area contributed by atoms with E-state index in [1.807, 2.05) is 0 Å². The molecule has 6 heteroatoms. The molecule has 1 aromatic rings. The number of benzene rings is 1. The molecule has 1 aliphatic rings. The highest BCUT2D eigenvalue weighted by atomic mass is 19.4. The van der Waals surface area contributed by atoms with Gasteiger partial charge in [-0.25, -0.2) is 0 Å². The molecule has 1 heterocycles. The van der Waals surface area contributed by atoms with E-state index in [0.29, 0.717) is 19.1 Å². The zero-order chi connectivity index (χ0) is 14.6. The lowest BCUT2D eigenvalue weighted by Crippen LogP contribution is -2.30. The maximum atomic E-state index is 12.6. The van der Waals surface area contributed by atoms with Crippen molar-refractivity contribution in [1.29, 1.82) is 0 Å². The Morgan fingerprint density at radius 3 is 2.80 bits per heavy atom. The minimum atomic E-state index is -4.35. The highest BCUT2D eigenvalue weighted by Gasteiger charge is 2.31. The van der Waals surface area contributed by atoms with Gasteiger partial charge >= 0.3 is 6.18 Å². The third kappa shape index (κ3) is 3.86. The summed E-state index contributed by atoms with van der Waals surface area (Å²) in [5, 5.41) is 3.25. The fourth-order valence-electron chi connectivity index (χ4n) is 2.44. The van der Waals surface area contributed by atoms with Crippen LogP contribution in [0.2, 0.25) is 0 Å². The van der Waals surface area contributed by atoms with Gasteiger partial charge in [0.1, 0.15) is 5.75 Å². The number of nitrogens with two attached hydrogens (primary N) is 1. The van der Waals surface area contributed by atoms with Crippen LogP contribution in [0.4, 0.5) is 13.2 Å². The molecule has 20 heavy (non-hydrogen) atoms. The molecule has 1 aliphatic heterocycles. The number of rotatable bonds is 5. The van der Waals surface area contributed by atoms with Gasteiger partial charge in [-0.3, -0.25) is 0 Å². The van der Waals surface area contributed by atoms with Crippen LogP contribution < -0.4 is 15.8 Å². The van der Waals surface area contributed by atoms with Gasteiger partial charge in [-0.05, 0) is 50.2 Å². The number of hydrogen-bond acceptors (Lipinski definition) is 3. The summed E-state index contributed by atoms with van der Waals surface area (Å²) in [5.74, 6) is 0.842. The number of ether oxygens (including phenoxy) is 1. The Bertz CT molecular complexity index is 431. The molecule has 3 nitrogen and oxygen atoms in total. The standard InChI is InChI=1S/C14H19F3N2O/c15-14(16,17)12-2-1-3-13(6-12)20-9-11(7-18)10-4-5-19-8-10/h1-3,6,10-11,19H,4-5,7-9,18H2. The Kier molecular flexibility index (Phi) is 4.88. The maximum Gasteiger partial charge on any atom is 0.416 e. The molecule has 2 atom stereocenters. The van der Waals surface area contributed by atoms with Gasteiger partial charge in [-0.15, -0.1) is 0 Å². The summed E-state index contributed by atoms with van der Waals surface area (Å²) in [5.41, 5.74) is 5.04. The van der Waals surface area contributed by atoms with E-state index in [9.17, 15) is 13.2 Å². The lowest BCUT2D eigenvalue weighted by atomic mass is 9.92. The van der Waals surface area contributed by atoms with Crippen LogP contribution in [0.5, 0.6) is 5.75 Å². The number of halogens is 3. The van der Waals surface area contributed by atoms with Crippen molar-refractivity contribution in [2.45, 2.75) is 12.6 Å². The van der Waals surface area contributed by atoms with Crippen LogP contribution in [0, 0.1) is 11.8 Å². The maximum absolute atomic E-state index is 12.6. The van der Waals surface area contributed by atoms with Gasteiger partial charge in [0, 0.05) is 5.92 Å². The molecule has 1 saturated heterocycles. The predicted octanol–water partition coefficient (Wildman–Crippen LogP) is 2.27. The van der Waals surface area contributed by atoms with E-state index < -0.39 is 11.7 Å². The number of hydrogen-bond donors (Lipinski definition) is 2. The average molecular weight is 288 g/mol. The molecule has 3 N–H and O–H groups in total. The van der Waals surface area contributed by atoms with Gasteiger partial charge in [0.05, 0.1) is 12.2 Å². The van der Waals surface area contributed by atoms with Crippen LogP contribution in [0.1, 0.15) is 12.0 Å². The van der Waals surface area contributed by atoms with Gasteiger partial charge in [0.15, 0.2) is 0 Å². The minimum absolute atomic E-state index is 0.166. The minimum Gasteiger partial charge on any atom is -0.493 e. The number of alkyl halides is 3. The molecule has 0 bridgehead atoms. The highest BCUT2D eigenvalue weighted by molar-refractivity contribution is 5.30. The van der Waals surface area contributed by atoms with Gasteiger partial charge in [-0.1, -0.05) is 6.07 Å². The molecule has 0 spiro atoms. The molecule has 112 valence electrons. The molecular weight excluding hydrogens is 269 g/mol. The Hall–Kier alpha value is -1.27. The molecular formula is C14H19F3N2O. The first-order chi connectivity index (χ1) is 9.50. The monoisotopic (exact) mass is 288 g/mol. The molecule has 0 aliphatic carbocycles. The molecule has 2 rings (SSSR count). The summed E-state index contributed by atoms with van der Waals surface area (Å²) in [7, 11) is 0. The van der Waals surface area contributed by atoms with E-state index in [4.69, 9.17) is 10.5 Å². The van der Waals surface area contributed by atoms with Gasteiger partial charge in [0.25, 0.3) is 0 Å². The van der Waals surface area contributed by atoms with E-state index in [1.54, 1.807) is 0 Å². The Labute approximate surface area is 116 Å². The second-order valence-electron chi connectivity index (χ2n) is 5.09. The lowest BCUT2D eigenvalue weighted by molar-refractivity contribution is -0.137. The summed E-state index contributed by atoms with van der Waals surface area (Å²) in [6, 6.07) is 4.96. The van der Waals surface area contributed by atoms with Crippen molar-refractivity contribution in [1.82, 2.24) is 5.32 Å². The molecule has 2 unspecified atom stereocenters. The average Bonchev–Trinajstić information content (AvgIpc) is 2.93. The van der Waals surface area contributed by atoms with E-state index in [1.165, 1.54) is 12.1 Å². The SMILES string of the molecule is NCC(COc1cccc(C(F)(F)F)c1)C1CCNC1. The molecule has 0 saturated carbocycles. The normalized spacial score (nSPS) is 20.9. The fourth-order valence-corrected chi connectivity index (χ4v) is 2.44. The van der Waals surface area contributed by atoms with Crippen molar-refractivity contribution >= 4 is 0 Å². The molecule has 0 amide bonds. The first kappa shape index (κ1) is 15.1. The van der Waals surface area contributed by atoms with E-state index in [2.05, 4.69) is 5.32 Å². The van der Waals surface area contributed by atoms with E-state index in [0.717, 1.165) is 31.6 Å². The van der Waals surface area contributed by atoms with Crippen molar-refractivity contribution < 1.29 is 17.9 Å². The second kappa shape index (κ2) is 6.45. The van der Waals surface area contributed by atoms with Gasteiger partial charge in [0.2, 0.25) is 0 Å². The molecule has 0 radical (unpaired) electrons. The third-order valence-corrected chi connectivity index (χ3v) is 3.69. The Morgan fingerprint density at radius 1 is 1.40 bits per heavy atom. The van der Waals surface area contributed by atoms with Crippen LogP contribution in [0.15, 0.2) is 24.3 Å². The molecule has 0 aromatic heterocycles. The largest absolute Gasteiger partial charge is 0.493 e. The van der Waals surface area contributed by atoms with Crippen LogP contribution in [-0.4, -0.2) is 26.2 Å². The first-order valence-corrected chi connectivity index (χ1v) is 6.71. The predicted molar refractivity (Wildman–Crippen MR) is 70.5 cm³/mol. The fraction of sp³-hybridized carbons (Fsp3) is 0.571. The summed E-state index contributed by atoms with van der Waals surface area (Å²) in [4.78, 5) is 0. The zero-order valence-electron chi connectivity index (χ0n) is 11.1. The van der Waals surface area contributed by atoms with Crippen LogP contribution in [0.3, 0.4) is 0 Å². The zero-order valence-corrected chi connectivity index (χ0v) is 11.1. The Balaban J connectivity index is 1.95. The van der Waals surface area contributed by atoms with Gasteiger partial charge < -0.3 is 15.8 Å². The quantitative estimate of drug-likeness (QED) is 0.874. The van der Waals surface area contributed by atoms with E-state index in [-0.39, 0.29) is 11.7 Å². The van der Waals surface area contributed by atoms with Crippen LogP contribution in [-0.2, 0) is 6.18 Å². The first-order valence-electron chi connectivity index (χ1n) is 6.71. The Morgan fingerprint density at radius 2 is 2.20 bits per heavy atom. The lowest BCUT2D eigenvalue weighted by Gasteiger charge is -2.21. The van der Waals surface area contributed by atoms with Crippen molar-refractivity contribution in [2.24, 2.45) is 17.6 Å². The third-order valence-electron chi connectivity index (χ3n) is 3.69. The smallest absolute Gasteiger partial charge is 0.416 e. The van der Waals surface area contributed by atoms with E-state index >= 15 is 0 Å². The number of nitrogens with one attached hydrogen (secondary N) is 1. The van der Waals surface area contributed by atoms with Crippen molar-refractivity contribution in [3.8, 4) is 5.75 Å². The summed E-state index contributed by atoms with van der Waals surface area (Å²) in [6.07, 6.45) is -3.31. The van der Waals surface area contributed by atoms with Crippen molar-refractivity contribution in [3.05, 3.63) is 29.8 Å². The van der Waals surface area contributed by atoms with Crippen molar-refractivity contribution in [2.75, 3.05) is 26.2 Å². The summed E-state index contributed by atoms with van der Waals surface area (Å²) >= 11 is 0. The highest BCUT2D eigenvalue weighted by Crippen LogP contribution is 2.31. The second-order valence-corrected chi connectivity index (χ2v) is 5.09. The topological polar surface area (TPSA) is 47.3 Å². The summed E-state index contributed by atoms with van der Waals surface area (Å²) < 4.78 is 43.3. The van der Waals surface area contributed by atoms with Gasteiger partial charge in [-0.2, -0.15) is 13.2 Å². The molecule has 1 aromatic carbocycles. The molecule has 1 fully saturated rings. The summed E-state index contributed by atoms with van der Waals surface area (Å²) in [6.45, 7) is 2.69. The van der Waals surface area contributed by atoms with Crippen molar-refractivity contribution in [3.63, 3.8) is 0 Å². The van der Waals surface area contributed by atoms with Crippen LogP contribution in [0.25, 0.3) is 0 Å².